The number of hydrogen-bond donors (Lipinski definition) is 1. The molecule has 1 amide bonds. The van der Waals surface area contributed by atoms with Gasteiger partial charge in [0.2, 0.25) is 5.91 Å². The molecule has 1 N–H and O–H groups in total. The van der Waals surface area contributed by atoms with Crippen LogP contribution in [0.25, 0.3) is 0 Å². The van der Waals surface area contributed by atoms with Gasteiger partial charge in [0.25, 0.3) is 10.0 Å². The fourth-order valence-corrected chi connectivity index (χ4v) is 5.89. The van der Waals surface area contributed by atoms with Crippen molar-refractivity contribution in [2.75, 3.05) is 10.8 Å². The van der Waals surface area contributed by atoms with Crippen molar-refractivity contribution >= 4 is 21.6 Å². The zero-order valence-electron chi connectivity index (χ0n) is 19.3. The van der Waals surface area contributed by atoms with Crippen LogP contribution in [0.2, 0.25) is 0 Å². The molecule has 0 unspecified atom stereocenters. The summed E-state index contributed by atoms with van der Waals surface area (Å²) in [6.45, 7) is 5.45. The zero-order valence-corrected chi connectivity index (χ0v) is 20.2. The third-order valence-electron chi connectivity index (χ3n) is 6.46. The van der Waals surface area contributed by atoms with E-state index < -0.39 is 10.0 Å². The maximum atomic E-state index is 13.6. The zero-order chi connectivity index (χ0) is 23.6. The number of anilines is 1. The Balaban J connectivity index is 1.61. The Morgan fingerprint density at radius 1 is 0.970 bits per heavy atom. The average molecular weight is 463 g/mol. The highest BCUT2D eigenvalue weighted by Gasteiger charge is 2.29. The molecule has 0 radical (unpaired) electrons. The number of carbonyl (C=O) groups excluding carboxylic acids is 1. The number of nitrogens with one attached hydrogen (secondary N) is 1. The van der Waals surface area contributed by atoms with E-state index in [0.717, 1.165) is 29.5 Å². The van der Waals surface area contributed by atoms with Gasteiger partial charge in [-0.05, 0) is 86.1 Å². The molecule has 1 aliphatic rings. The molecule has 5 nitrogen and oxygen atoms in total. The van der Waals surface area contributed by atoms with Crippen molar-refractivity contribution in [3.05, 3.63) is 94.5 Å². The van der Waals surface area contributed by atoms with Gasteiger partial charge in [-0.3, -0.25) is 9.10 Å². The van der Waals surface area contributed by atoms with Crippen LogP contribution in [-0.4, -0.2) is 20.9 Å². The lowest BCUT2D eigenvalue weighted by molar-refractivity contribution is -0.120. The minimum Gasteiger partial charge on any atom is -0.348 e. The summed E-state index contributed by atoms with van der Waals surface area (Å²) < 4.78 is 28.3. The number of rotatable bonds is 7. The molecular weight excluding hydrogens is 432 g/mol. The number of aryl methyl sites for hydroxylation is 3. The van der Waals surface area contributed by atoms with Gasteiger partial charge in [0, 0.05) is 0 Å². The van der Waals surface area contributed by atoms with E-state index in [4.69, 9.17) is 0 Å². The highest BCUT2D eigenvalue weighted by molar-refractivity contribution is 7.92. The summed E-state index contributed by atoms with van der Waals surface area (Å²) in [6.07, 6.45) is 3.35. The number of carbonyl (C=O) groups is 1. The first-order valence-electron chi connectivity index (χ1n) is 11.3. The molecule has 0 saturated carbocycles. The van der Waals surface area contributed by atoms with Crippen molar-refractivity contribution in [1.82, 2.24) is 5.32 Å². The number of hydrogen-bond acceptors (Lipinski definition) is 3. The monoisotopic (exact) mass is 462 g/mol. The maximum Gasteiger partial charge on any atom is 0.264 e. The van der Waals surface area contributed by atoms with Crippen LogP contribution in [0.15, 0.2) is 71.6 Å². The Bertz CT molecular complexity index is 1270. The Morgan fingerprint density at radius 3 is 2.45 bits per heavy atom. The summed E-state index contributed by atoms with van der Waals surface area (Å²) in [5.74, 6) is -0.344. The van der Waals surface area contributed by atoms with Gasteiger partial charge >= 0.3 is 0 Å². The lowest BCUT2D eigenvalue weighted by Gasteiger charge is -2.27. The molecule has 0 fully saturated rings. The number of amides is 1. The molecule has 6 heteroatoms. The first-order chi connectivity index (χ1) is 15.8. The number of fused-ring (bicyclic) bond motifs is 1. The summed E-state index contributed by atoms with van der Waals surface area (Å²) in [7, 11) is -3.92. The van der Waals surface area contributed by atoms with Crippen molar-refractivity contribution in [3.63, 3.8) is 0 Å². The van der Waals surface area contributed by atoms with Gasteiger partial charge in [-0.2, -0.15) is 0 Å². The predicted molar refractivity (Wildman–Crippen MR) is 132 cm³/mol. The van der Waals surface area contributed by atoms with Gasteiger partial charge in [-0.1, -0.05) is 48.5 Å². The van der Waals surface area contributed by atoms with E-state index in [1.165, 1.54) is 21.9 Å². The van der Waals surface area contributed by atoms with Gasteiger partial charge in [0.15, 0.2) is 0 Å². The molecule has 33 heavy (non-hydrogen) atoms. The van der Waals surface area contributed by atoms with Gasteiger partial charge in [-0.15, -0.1) is 0 Å². The normalized spacial score (nSPS) is 13.9. The van der Waals surface area contributed by atoms with Crippen LogP contribution >= 0.6 is 0 Å². The Kier molecular flexibility index (Phi) is 6.56. The summed E-state index contributed by atoms with van der Waals surface area (Å²) in [5.41, 5.74) is 6.07. The van der Waals surface area contributed by atoms with Crippen LogP contribution in [0, 0.1) is 13.8 Å². The first-order valence-corrected chi connectivity index (χ1v) is 12.8. The van der Waals surface area contributed by atoms with Crippen molar-refractivity contribution < 1.29 is 13.2 Å². The molecule has 3 aromatic carbocycles. The van der Waals surface area contributed by atoms with Crippen LogP contribution in [-0.2, 0) is 27.7 Å². The van der Waals surface area contributed by atoms with Crippen LogP contribution in [0.1, 0.15) is 47.2 Å². The van der Waals surface area contributed by atoms with E-state index in [1.807, 2.05) is 32.9 Å². The van der Waals surface area contributed by atoms with Gasteiger partial charge in [-0.25, -0.2) is 8.42 Å². The predicted octanol–water partition coefficient (Wildman–Crippen LogP) is 4.86. The molecule has 0 aromatic heterocycles. The maximum absolute atomic E-state index is 13.6. The highest BCUT2D eigenvalue weighted by atomic mass is 32.2. The fourth-order valence-electron chi connectivity index (χ4n) is 4.39. The molecule has 172 valence electrons. The summed E-state index contributed by atoms with van der Waals surface area (Å²) in [6, 6.07) is 19.9. The molecule has 1 aliphatic carbocycles. The average Bonchev–Trinajstić information content (AvgIpc) is 3.28. The molecule has 0 saturated heterocycles. The molecule has 0 heterocycles. The van der Waals surface area contributed by atoms with Crippen molar-refractivity contribution in [3.8, 4) is 0 Å². The van der Waals surface area contributed by atoms with Crippen molar-refractivity contribution in [2.24, 2.45) is 0 Å². The molecule has 0 bridgehead atoms. The minimum atomic E-state index is -3.92. The van der Waals surface area contributed by atoms with E-state index in [0.29, 0.717) is 5.69 Å². The number of nitrogens with zero attached hydrogens (tertiary/aromatic N) is 1. The van der Waals surface area contributed by atoms with Gasteiger partial charge in [0.05, 0.1) is 16.6 Å². The quantitative estimate of drug-likeness (QED) is 0.545. The third kappa shape index (κ3) is 4.81. The second-order valence-electron chi connectivity index (χ2n) is 8.71. The van der Waals surface area contributed by atoms with Crippen LogP contribution in [0.3, 0.4) is 0 Å². The summed E-state index contributed by atoms with van der Waals surface area (Å²) in [5, 5.41) is 3.00. The Morgan fingerprint density at radius 2 is 1.70 bits per heavy atom. The van der Waals surface area contributed by atoms with Gasteiger partial charge < -0.3 is 5.32 Å². The SMILES string of the molecule is Cc1cccc(N(CC(=O)N[C@@H](C)c2ccc3c(c2)CCC3)S(=O)(=O)c2ccccc2)c1C. The lowest BCUT2D eigenvalue weighted by Crippen LogP contribution is -2.42. The van der Waals surface area contributed by atoms with E-state index in [-0.39, 0.29) is 23.4 Å². The van der Waals surface area contributed by atoms with Crippen LogP contribution < -0.4 is 9.62 Å². The summed E-state index contributed by atoms with van der Waals surface area (Å²) >= 11 is 0. The standard InChI is InChI=1S/C27H30N2O3S/c1-19-9-7-14-26(20(19)2)29(33(31,32)25-12-5-4-6-13-25)18-27(30)28-21(3)23-16-15-22-10-8-11-24(22)17-23/h4-7,9,12-17,21H,8,10-11,18H2,1-3H3,(H,28,30)/t21-/m0/s1. The molecule has 3 aromatic rings. The minimum absolute atomic E-state index is 0.158. The Hall–Kier alpha value is -3.12. The highest BCUT2D eigenvalue weighted by Crippen LogP contribution is 2.29. The van der Waals surface area contributed by atoms with E-state index >= 15 is 0 Å². The smallest absolute Gasteiger partial charge is 0.264 e. The van der Waals surface area contributed by atoms with E-state index in [1.54, 1.807) is 36.4 Å². The van der Waals surface area contributed by atoms with Crippen LogP contribution in [0.4, 0.5) is 5.69 Å². The Labute approximate surface area is 196 Å². The molecule has 0 aliphatic heterocycles. The third-order valence-corrected chi connectivity index (χ3v) is 8.24. The fraction of sp³-hybridized carbons (Fsp3) is 0.296. The van der Waals surface area contributed by atoms with E-state index in [9.17, 15) is 13.2 Å². The molecule has 4 rings (SSSR count). The van der Waals surface area contributed by atoms with Crippen molar-refractivity contribution in [2.45, 2.75) is 51.0 Å². The number of benzene rings is 3. The van der Waals surface area contributed by atoms with Crippen LogP contribution in [0.5, 0.6) is 0 Å². The van der Waals surface area contributed by atoms with E-state index in [2.05, 4.69) is 23.5 Å². The first kappa shape index (κ1) is 23.1. The summed E-state index contributed by atoms with van der Waals surface area (Å²) in [4.78, 5) is 13.3. The lowest BCUT2D eigenvalue weighted by atomic mass is 10.0. The second kappa shape index (κ2) is 9.40. The topological polar surface area (TPSA) is 66.5 Å². The molecular formula is C27H30N2O3S. The number of sulfonamides is 1. The second-order valence-corrected chi connectivity index (χ2v) is 10.6. The van der Waals surface area contributed by atoms with Crippen molar-refractivity contribution in [1.29, 1.82) is 0 Å². The largest absolute Gasteiger partial charge is 0.348 e. The molecule has 0 spiro atoms. The van der Waals surface area contributed by atoms with Gasteiger partial charge in [0.1, 0.15) is 6.54 Å². The molecule has 1 atom stereocenters.